The number of allylic oxidation sites excluding steroid dienone is 5. The first-order chi connectivity index (χ1) is 15.6. The van der Waals surface area contributed by atoms with Crippen molar-refractivity contribution in [3.63, 3.8) is 0 Å². The highest BCUT2D eigenvalue weighted by Crippen LogP contribution is 2.56. The molecule has 1 nitrogen and oxygen atoms in total. The smallest absolute Gasteiger partial charge is 0.135 e. The Labute approximate surface area is 189 Å². The summed E-state index contributed by atoms with van der Waals surface area (Å²) in [6.45, 7) is 8.56. The maximum atomic E-state index is 6.45. The van der Waals surface area contributed by atoms with Gasteiger partial charge in [-0.3, -0.25) is 0 Å². The number of hydrogen-bond acceptors (Lipinski definition) is 1. The molecule has 0 N–H and O–H groups in total. The molecule has 0 saturated carbocycles. The van der Waals surface area contributed by atoms with Crippen LogP contribution in [0.3, 0.4) is 0 Å². The Balaban J connectivity index is 1.71. The summed E-state index contributed by atoms with van der Waals surface area (Å²) >= 11 is 0. The molecule has 4 aromatic carbocycles. The molecular formula is C31H24O. The molecule has 32 heavy (non-hydrogen) atoms. The second-order valence-corrected chi connectivity index (χ2v) is 8.99. The van der Waals surface area contributed by atoms with Gasteiger partial charge < -0.3 is 4.74 Å². The maximum absolute atomic E-state index is 6.45. The van der Waals surface area contributed by atoms with E-state index in [1.54, 1.807) is 0 Å². The molecule has 0 saturated heterocycles. The Morgan fingerprint density at radius 1 is 0.750 bits per heavy atom. The third-order valence-corrected chi connectivity index (χ3v) is 6.84. The highest BCUT2D eigenvalue weighted by molar-refractivity contribution is 6.12. The Hall–Kier alpha value is -3.84. The van der Waals surface area contributed by atoms with E-state index in [9.17, 15) is 0 Å². The van der Waals surface area contributed by atoms with Gasteiger partial charge in [-0.2, -0.15) is 0 Å². The fraction of sp³-hybridized carbons (Fsp3) is 0.0968. The Morgan fingerprint density at radius 3 is 2.28 bits per heavy atom. The third kappa shape index (κ3) is 2.51. The fourth-order valence-electron chi connectivity index (χ4n) is 5.51. The predicted octanol–water partition coefficient (Wildman–Crippen LogP) is 8.56. The van der Waals surface area contributed by atoms with Crippen LogP contribution in [-0.2, 0) is 5.41 Å². The van der Waals surface area contributed by atoms with Gasteiger partial charge in [0.25, 0.3) is 0 Å². The van der Waals surface area contributed by atoms with Crippen LogP contribution >= 0.6 is 0 Å². The lowest BCUT2D eigenvalue weighted by Crippen LogP contribution is -2.17. The second kappa shape index (κ2) is 6.83. The predicted molar refractivity (Wildman–Crippen MR) is 135 cm³/mol. The molecule has 0 amide bonds. The number of benzene rings is 4. The molecular weight excluding hydrogens is 388 g/mol. The molecule has 1 heteroatoms. The van der Waals surface area contributed by atoms with E-state index in [2.05, 4.69) is 105 Å². The highest BCUT2D eigenvalue weighted by atomic mass is 16.5. The summed E-state index contributed by atoms with van der Waals surface area (Å²) in [4.78, 5) is 0. The van der Waals surface area contributed by atoms with E-state index in [0.29, 0.717) is 0 Å². The van der Waals surface area contributed by atoms with E-state index in [0.717, 1.165) is 11.5 Å². The molecule has 1 aliphatic carbocycles. The van der Waals surface area contributed by atoms with Gasteiger partial charge in [-0.15, -0.1) is 0 Å². The highest BCUT2D eigenvalue weighted by Gasteiger charge is 2.39. The van der Waals surface area contributed by atoms with Crippen LogP contribution in [0.5, 0.6) is 11.5 Å². The summed E-state index contributed by atoms with van der Waals surface area (Å²) in [5.74, 6) is 1.84. The zero-order valence-electron chi connectivity index (χ0n) is 18.4. The first-order valence-corrected chi connectivity index (χ1v) is 11.1. The lowest BCUT2D eigenvalue weighted by molar-refractivity contribution is 0.486. The lowest BCUT2D eigenvalue weighted by atomic mass is 9.75. The van der Waals surface area contributed by atoms with E-state index < -0.39 is 0 Å². The van der Waals surface area contributed by atoms with E-state index >= 15 is 0 Å². The van der Waals surface area contributed by atoms with Crippen LogP contribution in [0.1, 0.15) is 30.5 Å². The number of rotatable bonds is 3. The first-order valence-electron chi connectivity index (χ1n) is 11.1. The fourth-order valence-corrected chi connectivity index (χ4v) is 5.51. The van der Waals surface area contributed by atoms with Crippen LogP contribution in [0.4, 0.5) is 0 Å². The van der Waals surface area contributed by atoms with Crippen molar-refractivity contribution in [1.82, 2.24) is 0 Å². The SMILES string of the molecule is C=C/C=C\C1=C(c2cccc3c2-c2cccc4cccc(c24)O3)C(C)(C)c2ccccc21. The molecule has 0 atom stereocenters. The van der Waals surface area contributed by atoms with Gasteiger partial charge in [-0.25, -0.2) is 0 Å². The van der Waals surface area contributed by atoms with Gasteiger partial charge in [-0.05, 0) is 50.9 Å². The average Bonchev–Trinajstić information content (AvgIpc) is 3.04. The zero-order valence-corrected chi connectivity index (χ0v) is 18.4. The van der Waals surface area contributed by atoms with Gasteiger partial charge in [-0.1, -0.05) is 105 Å². The van der Waals surface area contributed by atoms with Crippen LogP contribution in [0, 0.1) is 0 Å². The van der Waals surface area contributed by atoms with Crippen molar-refractivity contribution in [1.29, 1.82) is 0 Å². The van der Waals surface area contributed by atoms with Gasteiger partial charge in [0.1, 0.15) is 11.5 Å². The van der Waals surface area contributed by atoms with E-state index in [1.807, 2.05) is 12.2 Å². The second-order valence-electron chi connectivity index (χ2n) is 8.99. The molecule has 0 fully saturated rings. The molecule has 4 aromatic rings. The summed E-state index contributed by atoms with van der Waals surface area (Å²) in [5.41, 5.74) is 8.73. The van der Waals surface area contributed by atoms with Crippen LogP contribution in [0.2, 0.25) is 0 Å². The van der Waals surface area contributed by atoms with E-state index in [4.69, 9.17) is 4.74 Å². The molecule has 0 unspecified atom stereocenters. The van der Waals surface area contributed by atoms with Crippen molar-refractivity contribution < 1.29 is 4.74 Å². The summed E-state index contributed by atoms with van der Waals surface area (Å²) < 4.78 is 6.45. The quantitative estimate of drug-likeness (QED) is 0.270. The first kappa shape index (κ1) is 18.9. The standard InChI is InChI=1S/C31H24O/c1-4-5-13-22-21-14-6-7-17-25(21)31(2,3)30(22)24-16-10-19-27-29(24)23-15-8-11-20-12-9-18-26(32-27)28(20)23/h4-19H,1H2,2-3H3/b13-5-. The Kier molecular flexibility index (Phi) is 4.03. The summed E-state index contributed by atoms with van der Waals surface area (Å²) in [5, 5.41) is 2.39. The molecule has 6 rings (SSSR count). The number of ether oxygens (including phenoxy) is 1. The molecule has 0 radical (unpaired) electrons. The van der Waals surface area contributed by atoms with Crippen molar-refractivity contribution in [3.8, 4) is 22.6 Å². The minimum absolute atomic E-state index is 0.141. The van der Waals surface area contributed by atoms with Crippen LogP contribution in [-0.4, -0.2) is 0 Å². The van der Waals surface area contributed by atoms with Crippen molar-refractivity contribution in [2.75, 3.05) is 0 Å². The van der Waals surface area contributed by atoms with Crippen molar-refractivity contribution >= 4 is 21.9 Å². The monoisotopic (exact) mass is 412 g/mol. The molecule has 1 aliphatic heterocycles. The summed E-state index contributed by atoms with van der Waals surface area (Å²) in [7, 11) is 0. The van der Waals surface area contributed by atoms with Gasteiger partial charge in [0, 0.05) is 16.4 Å². The maximum Gasteiger partial charge on any atom is 0.135 e. The summed E-state index contributed by atoms with van der Waals surface area (Å²) in [6, 6.07) is 28.0. The van der Waals surface area contributed by atoms with Gasteiger partial charge in [0.05, 0.1) is 0 Å². The van der Waals surface area contributed by atoms with Crippen molar-refractivity contribution in [2.24, 2.45) is 0 Å². The average molecular weight is 413 g/mol. The van der Waals surface area contributed by atoms with Gasteiger partial charge in [0.15, 0.2) is 0 Å². The third-order valence-electron chi connectivity index (χ3n) is 6.84. The van der Waals surface area contributed by atoms with E-state index in [1.165, 1.54) is 49.7 Å². The molecule has 0 bridgehead atoms. The number of hydrogen-bond donors (Lipinski definition) is 0. The largest absolute Gasteiger partial charge is 0.456 e. The Morgan fingerprint density at radius 2 is 1.44 bits per heavy atom. The molecule has 0 aromatic heterocycles. The zero-order chi connectivity index (χ0) is 21.9. The van der Waals surface area contributed by atoms with Gasteiger partial charge >= 0.3 is 0 Å². The Bertz CT molecular complexity index is 1470. The van der Waals surface area contributed by atoms with Crippen LogP contribution in [0.25, 0.3) is 33.0 Å². The normalized spacial score (nSPS) is 15.6. The van der Waals surface area contributed by atoms with Crippen LogP contribution < -0.4 is 4.74 Å². The molecule has 154 valence electrons. The molecule has 0 spiro atoms. The van der Waals surface area contributed by atoms with Crippen molar-refractivity contribution in [2.45, 2.75) is 19.3 Å². The van der Waals surface area contributed by atoms with Crippen molar-refractivity contribution in [3.05, 3.63) is 120 Å². The number of fused-ring (bicyclic) bond motifs is 3. The minimum atomic E-state index is -0.141. The van der Waals surface area contributed by atoms with E-state index in [-0.39, 0.29) is 5.41 Å². The summed E-state index contributed by atoms with van der Waals surface area (Å²) in [6.07, 6.45) is 6.09. The minimum Gasteiger partial charge on any atom is -0.456 e. The van der Waals surface area contributed by atoms with Crippen LogP contribution in [0.15, 0.2) is 104 Å². The topological polar surface area (TPSA) is 9.23 Å². The van der Waals surface area contributed by atoms with Gasteiger partial charge in [0.2, 0.25) is 0 Å². The molecule has 1 heterocycles. The molecule has 2 aliphatic rings. The lowest BCUT2D eigenvalue weighted by Gasteiger charge is -2.29.